The third-order valence-corrected chi connectivity index (χ3v) is 6.93. The number of nitrogens with zero attached hydrogens (tertiary/aromatic N) is 1. The fourth-order valence-corrected chi connectivity index (χ4v) is 5.20. The highest BCUT2D eigenvalue weighted by Gasteiger charge is 2.48. The van der Waals surface area contributed by atoms with E-state index in [0.717, 1.165) is 49.0 Å². The van der Waals surface area contributed by atoms with Crippen LogP contribution in [-0.4, -0.2) is 39.4 Å². The first-order valence-corrected chi connectivity index (χ1v) is 12.6. The number of ether oxygens (including phenoxy) is 1. The fourth-order valence-electron chi connectivity index (χ4n) is 5.20. The maximum Gasteiger partial charge on any atom is 0.225 e. The van der Waals surface area contributed by atoms with E-state index >= 15 is 0 Å². The number of aryl methyl sites for hydroxylation is 1. The first kappa shape index (κ1) is 24.4. The molecular weight excluding hydrogens is 428 g/mol. The molecule has 0 spiro atoms. The second kappa shape index (κ2) is 11.6. The van der Waals surface area contributed by atoms with Gasteiger partial charge in [0.25, 0.3) is 0 Å². The summed E-state index contributed by atoms with van der Waals surface area (Å²) in [7, 11) is 0. The number of benzene rings is 1. The predicted molar refractivity (Wildman–Crippen MR) is 133 cm³/mol. The van der Waals surface area contributed by atoms with Gasteiger partial charge in [-0.1, -0.05) is 62.6 Å². The van der Waals surface area contributed by atoms with Crippen LogP contribution in [0.1, 0.15) is 68.9 Å². The van der Waals surface area contributed by atoms with Crippen LogP contribution in [0.4, 0.5) is 5.82 Å². The van der Waals surface area contributed by atoms with E-state index in [-0.39, 0.29) is 23.8 Å². The number of hydrogen-bond acceptors (Lipinski definition) is 5. The average Bonchev–Trinajstić information content (AvgIpc) is 3.33. The Morgan fingerprint density at radius 2 is 2.12 bits per heavy atom. The van der Waals surface area contributed by atoms with Gasteiger partial charge in [0.05, 0.1) is 12.2 Å². The number of fused-ring (bicyclic) bond motifs is 3. The first-order chi connectivity index (χ1) is 16.6. The summed E-state index contributed by atoms with van der Waals surface area (Å²) in [5.41, 5.74) is 2.24. The first-order valence-electron chi connectivity index (χ1n) is 12.6. The second-order valence-corrected chi connectivity index (χ2v) is 9.46. The third kappa shape index (κ3) is 5.86. The summed E-state index contributed by atoms with van der Waals surface area (Å²) in [5.74, 6) is 1.46. The number of aromatic nitrogens is 1. The summed E-state index contributed by atoms with van der Waals surface area (Å²) in [4.78, 5) is 16.4. The highest BCUT2D eigenvalue weighted by molar-refractivity contribution is 5.89. The topological polar surface area (TPSA) is 91.7 Å². The minimum Gasteiger partial charge on any atom is -0.489 e. The quantitative estimate of drug-likeness (QED) is 0.329. The Morgan fingerprint density at radius 3 is 2.91 bits per heavy atom. The average molecular weight is 465 g/mol. The minimum atomic E-state index is -0.471. The zero-order chi connectivity index (χ0) is 23.9. The van der Waals surface area contributed by atoms with Crippen molar-refractivity contribution in [3.05, 3.63) is 65.9 Å². The van der Waals surface area contributed by atoms with Gasteiger partial charge in [-0.3, -0.25) is 4.79 Å². The van der Waals surface area contributed by atoms with Crippen LogP contribution in [0.3, 0.4) is 0 Å². The smallest absolute Gasteiger partial charge is 0.225 e. The molecule has 2 aromatic rings. The summed E-state index contributed by atoms with van der Waals surface area (Å²) in [6.07, 6.45) is 11.0. The van der Waals surface area contributed by atoms with Gasteiger partial charge in [-0.15, -0.1) is 0 Å². The number of aliphatic hydroxyl groups excluding tert-OH is 2. The molecule has 1 aliphatic heterocycles. The van der Waals surface area contributed by atoms with E-state index in [1.807, 2.05) is 30.4 Å². The van der Waals surface area contributed by atoms with Crippen molar-refractivity contribution in [2.24, 2.45) is 5.92 Å². The highest BCUT2D eigenvalue weighted by Crippen LogP contribution is 2.52. The Labute approximate surface area is 202 Å². The van der Waals surface area contributed by atoms with Crippen molar-refractivity contribution in [3.8, 4) is 5.75 Å². The van der Waals surface area contributed by atoms with Crippen LogP contribution in [0.25, 0.3) is 0 Å². The van der Waals surface area contributed by atoms with Gasteiger partial charge in [0.1, 0.15) is 17.7 Å². The molecule has 34 heavy (non-hydrogen) atoms. The van der Waals surface area contributed by atoms with E-state index in [4.69, 9.17) is 4.74 Å². The van der Waals surface area contributed by atoms with Gasteiger partial charge in [-0.05, 0) is 37.0 Å². The molecule has 6 nitrogen and oxygen atoms in total. The number of carbonyl (C=O) groups excluding carboxylic acids is 1. The molecule has 1 saturated carbocycles. The molecule has 182 valence electrons. The molecule has 0 radical (unpaired) electrons. The number of amides is 1. The number of para-hydroxylation sites is 1. The van der Waals surface area contributed by atoms with E-state index in [1.54, 1.807) is 12.3 Å². The summed E-state index contributed by atoms with van der Waals surface area (Å²) >= 11 is 0. The Hall–Kier alpha value is -2.70. The van der Waals surface area contributed by atoms with Crippen LogP contribution in [-0.2, 0) is 11.2 Å². The van der Waals surface area contributed by atoms with Crippen LogP contribution >= 0.6 is 0 Å². The largest absolute Gasteiger partial charge is 0.489 e. The Bertz CT molecular complexity index is 978. The zero-order valence-electron chi connectivity index (χ0n) is 19.9. The molecule has 3 N–H and O–H groups in total. The number of nitrogens with one attached hydrogen (secondary N) is 1. The maximum atomic E-state index is 12.2. The molecule has 0 saturated heterocycles. The number of pyridine rings is 1. The lowest BCUT2D eigenvalue weighted by molar-refractivity contribution is -0.116. The van der Waals surface area contributed by atoms with Crippen molar-refractivity contribution in [2.45, 2.75) is 82.5 Å². The van der Waals surface area contributed by atoms with Crippen molar-refractivity contribution < 1.29 is 19.7 Å². The normalized spacial score (nSPS) is 24.0. The molecular formula is C28H36N2O4. The fraction of sp³-hybridized carbons (Fsp3) is 0.500. The van der Waals surface area contributed by atoms with Crippen LogP contribution in [0, 0.1) is 5.92 Å². The number of anilines is 1. The van der Waals surface area contributed by atoms with Crippen LogP contribution < -0.4 is 10.1 Å². The van der Waals surface area contributed by atoms with Gasteiger partial charge < -0.3 is 20.3 Å². The standard InChI is InChI=1S/C28H36N2O4/c1-2-3-4-11-20(31)15-16-21-23(32)18-24-27(21)22-12-7-9-19(28(22)34-24)10-8-14-26(33)30-25-13-5-6-17-29-25/h5-7,9,12-13,15-17,20-21,23-24,27,31-32H,2-4,8,10-11,14,18H2,1H3,(H,29,30,33)/b16-15+/t20-,21-,23+,24-,27-/m0/s1. The van der Waals surface area contributed by atoms with Gasteiger partial charge in [0.2, 0.25) is 5.91 Å². The molecule has 2 heterocycles. The van der Waals surface area contributed by atoms with Gasteiger partial charge in [0, 0.05) is 36.4 Å². The number of hydrogen-bond donors (Lipinski definition) is 3. The second-order valence-electron chi connectivity index (χ2n) is 9.46. The van der Waals surface area contributed by atoms with Crippen molar-refractivity contribution >= 4 is 11.7 Å². The molecule has 1 aliphatic carbocycles. The molecule has 0 unspecified atom stereocenters. The number of rotatable bonds is 11. The van der Waals surface area contributed by atoms with Gasteiger partial charge in [-0.2, -0.15) is 0 Å². The molecule has 1 amide bonds. The Morgan fingerprint density at radius 1 is 1.24 bits per heavy atom. The lowest BCUT2D eigenvalue weighted by Gasteiger charge is -2.18. The van der Waals surface area contributed by atoms with E-state index < -0.39 is 12.2 Å². The number of aliphatic hydroxyl groups is 2. The summed E-state index contributed by atoms with van der Waals surface area (Å²) in [6, 6.07) is 11.6. The van der Waals surface area contributed by atoms with E-state index in [9.17, 15) is 15.0 Å². The highest BCUT2D eigenvalue weighted by atomic mass is 16.5. The lowest BCUT2D eigenvalue weighted by Crippen LogP contribution is -2.17. The van der Waals surface area contributed by atoms with Crippen molar-refractivity contribution in [1.29, 1.82) is 0 Å². The third-order valence-electron chi connectivity index (χ3n) is 6.93. The van der Waals surface area contributed by atoms with Crippen molar-refractivity contribution in [1.82, 2.24) is 4.98 Å². The maximum absolute atomic E-state index is 12.2. The number of carbonyl (C=O) groups is 1. The van der Waals surface area contributed by atoms with Crippen molar-refractivity contribution in [2.75, 3.05) is 5.32 Å². The molecule has 6 heteroatoms. The van der Waals surface area contributed by atoms with E-state index in [2.05, 4.69) is 29.4 Å². The lowest BCUT2D eigenvalue weighted by atomic mass is 9.86. The predicted octanol–water partition coefficient (Wildman–Crippen LogP) is 4.77. The van der Waals surface area contributed by atoms with Crippen LogP contribution in [0.2, 0.25) is 0 Å². The van der Waals surface area contributed by atoms with Gasteiger partial charge >= 0.3 is 0 Å². The molecule has 1 aromatic carbocycles. The van der Waals surface area contributed by atoms with Gasteiger partial charge in [0.15, 0.2) is 0 Å². The summed E-state index contributed by atoms with van der Waals surface area (Å²) in [6.45, 7) is 2.15. The molecule has 5 atom stereocenters. The Balaban J connectivity index is 1.36. The number of unbranched alkanes of at least 4 members (excludes halogenated alkanes) is 2. The Kier molecular flexibility index (Phi) is 8.35. The van der Waals surface area contributed by atoms with E-state index in [1.165, 1.54) is 0 Å². The SMILES string of the molecule is CCCCC[C@H](O)/C=C/[C@@H]1[C@H]2c3cccc(CCCC(=O)Nc4ccccn4)c3O[C@H]2C[C@H]1O. The molecule has 1 aromatic heterocycles. The molecule has 2 aliphatic rings. The van der Waals surface area contributed by atoms with Gasteiger partial charge in [-0.25, -0.2) is 4.98 Å². The minimum absolute atomic E-state index is 0.0464. The molecule has 0 bridgehead atoms. The summed E-state index contributed by atoms with van der Waals surface area (Å²) in [5, 5.41) is 23.8. The summed E-state index contributed by atoms with van der Waals surface area (Å²) < 4.78 is 6.34. The zero-order valence-corrected chi connectivity index (χ0v) is 19.9. The van der Waals surface area contributed by atoms with Crippen LogP contribution in [0.15, 0.2) is 54.7 Å². The monoisotopic (exact) mass is 464 g/mol. The van der Waals surface area contributed by atoms with Crippen LogP contribution in [0.5, 0.6) is 5.75 Å². The van der Waals surface area contributed by atoms with E-state index in [0.29, 0.717) is 25.1 Å². The molecule has 4 rings (SSSR count). The van der Waals surface area contributed by atoms with Crippen molar-refractivity contribution in [3.63, 3.8) is 0 Å². The molecule has 1 fully saturated rings.